The van der Waals surface area contributed by atoms with Gasteiger partial charge < -0.3 is 14.2 Å². The van der Waals surface area contributed by atoms with Crippen LogP contribution in [0.15, 0.2) is 16.7 Å². The second-order valence-electron chi connectivity index (χ2n) is 8.74. The second-order valence-corrected chi connectivity index (χ2v) is 8.74. The van der Waals surface area contributed by atoms with Crippen molar-refractivity contribution in [2.75, 3.05) is 24.6 Å². The highest BCUT2D eigenvalue weighted by molar-refractivity contribution is 5.54. The lowest BCUT2D eigenvalue weighted by Gasteiger charge is -2.36. The average Bonchev–Trinajstić information content (AvgIpc) is 3.41. The van der Waals surface area contributed by atoms with Gasteiger partial charge in [0.05, 0.1) is 0 Å². The molecule has 4 heterocycles. The SMILES string of the molecule is Cc1noc(N2C[C@H]3CC[C@@H](C2)C3Cc2nc3c(OCC(F)(F)F)ccc(C(F)(F)F)n3n2)n1. The summed E-state index contributed by atoms with van der Waals surface area (Å²) in [6.07, 6.45) is -7.24. The molecule has 2 bridgehead atoms. The van der Waals surface area contributed by atoms with Crippen molar-refractivity contribution in [3.8, 4) is 5.75 Å². The lowest BCUT2D eigenvalue weighted by molar-refractivity contribution is -0.153. The number of alkyl halides is 6. The Morgan fingerprint density at radius 1 is 1.06 bits per heavy atom. The smallest absolute Gasteiger partial charge is 0.433 e. The van der Waals surface area contributed by atoms with Crippen LogP contribution in [0.2, 0.25) is 0 Å². The Kier molecular flexibility index (Phi) is 5.35. The summed E-state index contributed by atoms with van der Waals surface area (Å²) in [5.74, 6) is 0.821. The van der Waals surface area contributed by atoms with Crippen LogP contribution in [0.1, 0.15) is 30.2 Å². The highest BCUT2D eigenvalue weighted by Crippen LogP contribution is 2.44. The number of aryl methyl sites for hydroxylation is 1. The van der Waals surface area contributed by atoms with Crippen molar-refractivity contribution < 1.29 is 35.6 Å². The van der Waals surface area contributed by atoms with E-state index in [9.17, 15) is 26.3 Å². The molecule has 1 aliphatic heterocycles. The first-order valence-electron chi connectivity index (χ1n) is 10.7. The third kappa shape index (κ3) is 4.37. The predicted octanol–water partition coefficient (Wildman–Crippen LogP) is 4.09. The van der Waals surface area contributed by atoms with Crippen molar-refractivity contribution in [2.24, 2.45) is 17.8 Å². The molecular weight excluding hydrogens is 470 g/mol. The number of piperidine rings is 1. The molecule has 0 radical (unpaired) electrons. The van der Waals surface area contributed by atoms with Gasteiger partial charge in [-0.15, -0.1) is 0 Å². The summed E-state index contributed by atoms with van der Waals surface area (Å²) in [5, 5.41) is 7.84. The zero-order valence-corrected chi connectivity index (χ0v) is 17.9. The highest BCUT2D eigenvalue weighted by Gasteiger charge is 2.44. The Morgan fingerprint density at radius 2 is 1.76 bits per heavy atom. The summed E-state index contributed by atoms with van der Waals surface area (Å²) in [5.41, 5.74) is -1.52. The van der Waals surface area contributed by atoms with Crippen LogP contribution in [0, 0.1) is 24.7 Å². The lowest BCUT2D eigenvalue weighted by Crippen LogP contribution is -2.43. The van der Waals surface area contributed by atoms with Gasteiger partial charge in [-0.2, -0.15) is 36.4 Å². The quantitative estimate of drug-likeness (QED) is 0.499. The fraction of sp³-hybridized carbons (Fsp3) is 0.600. The van der Waals surface area contributed by atoms with E-state index >= 15 is 0 Å². The van der Waals surface area contributed by atoms with Gasteiger partial charge in [0, 0.05) is 19.5 Å². The molecular formula is C20H20F6N6O2. The van der Waals surface area contributed by atoms with E-state index in [4.69, 9.17) is 9.26 Å². The summed E-state index contributed by atoms with van der Waals surface area (Å²) in [6.45, 7) is 1.40. The number of rotatable bonds is 5. The molecule has 3 atom stereocenters. The van der Waals surface area contributed by atoms with Crippen LogP contribution in [0.5, 0.6) is 5.75 Å². The van der Waals surface area contributed by atoms with Crippen LogP contribution in [0.4, 0.5) is 32.4 Å². The van der Waals surface area contributed by atoms with E-state index in [0.29, 0.717) is 41.9 Å². The summed E-state index contributed by atoms with van der Waals surface area (Å²) >= 11 is 0. The third-order valence-electron chi connectivity index (χ3n) is 6.41. The van der Waals surface area contributed by atoms with Gasteiger partial charge >= 0.3 is 18.4 Å². The minimum atomic E-state index is -4.77. The van der Waals surface area contributed by atoms with E-state index in [1.54, 1.807) is 6.92 Å². The Balaban J connectivity index is 1.41. The number of hydrogen-bond acceptors (Lipinski definition) is 7. The predicted molar refractivity (Wildman–Crippen MR) is 104 cm³/mol. The van der Waals surface area contributed by atoms with Crippen LogP contribution in [-0.2, 0) is 12.6 Å². The highest BCUT2D eigenvalue weighted by atomic mass is 19.4. The number of nitrogens with zero attached hydrogens (tertiary/aromatic N) is 6. The number of halogens is 6. The summed E-state index contributed by atoms with van der Waals surface area (Å²) in [7, 11) is 0. The normalized spacial score (nSPS) is 23.1. The van der Waals surface area contributed by atoms with Gasteiger partial charge in [-0.3, -0.25) is 0 Å². The molecule has 8 nitrogen and oxygen atoms in total. The zero-order valence-electron chi connectivity index (χ0n) is 17.9. The zero-order chi connectivity index (χ0) is 24.3. The van der Waals surface area contributed by atoms with Crippen molar-refractivity contribution in [3.63, 3.8) is 0 Å². The van der Waals surface area contributed by atoms with Gasteiger partial charge in [0.25, 0.3) is 0 Å². The fourth-order valence-electron chi connectivity index (χ4n) is 5.01. The first-order chi connectivity index (χ1) is 16.0. The number of hydrogen-bond donors (Lipinski definition) is 0. The van der Waals surface area contributed by atoms with Gasteiger partial charge in [0.15, 0.2) is 29.7 Å². The molecule has 14 heteroatoms. The molecule has 0 N–H and O–H groups in total. The topological polar surface area (TPSA) is 81.6 Å². The third-order valence-corrected chi connectivity index (χ3v) is 6.41. The molecule has 2 fully saturated rings. The number of fused-ring (bicyclic) bond motifs is 3. The van der Waals surface area contributed by atoms with Gasteiger partial charge in [0.1, 0.15) is 5.69 Å². The van der Waals surface area contributed by atoms with Crippen LogP contribution >= 0.6 is 0 Å². The van der Waals surface area contributed by atoms with Crippen molar-refractivity contribution >= 4 is 11.7 Å². The van der Waals surface area contributed by atoms with Crippen molar-refractivity contribution in [1.29, 1.82) is 0 Å². The minimum Gasteiger partial charge on any atom is -0.480 e. The molecule has 1 aliphatic carbocycles. The maximum Gasteiger partial charge on any atom is 0.433 e. The Hall–Kier alpha value is -3.06. The van der Waals surface area contributed by atoms with Gasteiger partial charge in [-0.1, -0.05) is 5.16 Å². The average molecular weight is 490 g/mol. The molecule has 0 amide bonds. The van der Waals surface area contributed by atoms with E-state index < -0.39 is 30.4 Å². The molecule has 1 unspecified atom stereocenters. The molecule has 2 aliphatic rings. The molecule has 3 aromatic rings. The van der Waals surface area contributed by atoms with Gasteiger partial charge in [0.2, 0.25) is 0 Å². The molecule has 1 saturated heterocycles. The van der Waals surface area contributed by atoms with E-state index in [1.807, 2.05) is 4.90 Å². The standard InChI is InChI=1S/C20H20F6N6O2/c1-10-27-18(34-30-10)31-7-11-2-3-12(8-31)13(11)6-16-28-17-14(33-9-19(21,22)23)4-5-15(20(24,25)26)32(17)29-16/h4-5,11-13H,2-3,6-9H2,1H3/t11-,12+,13?. The number of aromatic nitrogens is 5. The molecule has 5 rings (SSSR count). The first kappa shape index (κ1) is 22.7. The van der Waals surface area contributed by atoms with Crippen molar-refractivity contribution in [1.82, 2.24) is 24.7 Å². The van der Waals surface area contributed by atoms with Crippen LogP contribution in [0.25, 0.3) is 5.65 Å². The van der Waals surface area contributed by atoms with E-state index in [2.05, 4.69) is 20.2 Å². The monoisotopic (exact) mass is 490 g/mol. The Labute approximate surface area is 188 Å². The number of ether oxygens (including phenoxy) is 1. The minimum absolute atomic E-state index is 0.117. The van der Waals surface area contributed by atoms with Gasteiger partial charge in [-0.05, 0) is 49.7 Å². The molecule has 184 valence electrons. The molecule has 1 saturated carbocycles. The van der Waals surface area contributed by atoms with Crippen LogP contribution in [0.3, 0.4) is 0 Å². The number of pyridine rings is 1. The van der Waals surface area contributed by atoms with Crippen LogP contribution in [-0.4, -0.2) is 50.6 Å². The number of anilines is 1. The fourth-order valence-corrected chi connectivity index (χ4v) is 5.01. The molecule has 0 spiro atoms. The maximum atomic E-state index is 13.5. The molecule has 3 aromatic heterocycles. The van der Waals surface area contributed by atoms with E-state index in [0.717, 1.165) is 18.9 Å². The Morgan fingerprint density at radius 3 is 2.35 bits per heavy atom. The Bertz CT molecular complexity index is 1170. The second kappa shape index (κ2) is 8.01. The van der Waals surface area contributed by atoms with Gasteiger partial charge in [-0.25, -0.2) is 9.50 Å². The van der Waals surface area contributed by atoms with E-state index in [1.165, 1.54) is 0 Å². The maximum absolute atomic E-state index is 13.5. The lowest BCUT2D eigenvalue weighted by atomic mass is 9.82. The molecule has 34 heavy (non-hydrogen) atoms. The van der Waals surface area contributed by atoms with Crippen LogP contribution < -0.4 is 9.64 Å². The largest absolute Gasteiger partial charge is 0.480 e. The van der Waals surface area contributed by atoms with Crippen molar-refractivity contribution in [2.45, 2.75) is 38.5 Å². The van der Waals surface area contributed by atoms with E-state index in [-0.39, 0.29) is 29.2 Å². The molecule has 0 aromatic carbocycles. The summed E-state index contributed by atoms with van der Waals surface area (Å²) < 4.78 is 88.8. The summed E-state index contributed by atoms with van der Waals surface area (Å²) in [4.78, 5) is 10.4. The van der Waals surface area contributed by atoms with Crippen molar-refractivity contribution in [3.05, 3.63) is 29.5 Å². The summed E-state index contributed by atoms with van der Waals surface area (Å²) in [6, 6.07) is 1.93. The first-order valence-corrected chi connectivity index (χ1v) is 10.7.